The van der Waals surface area contributed by atoms with Gasteiger partial charge in [0, 0.05) is 15.8 Å². The number of halogens is 1. The van der Waals surface area contributed by atoms with Crippen LogP contribution in [0.25, 0.3) is 0 Å². The summed E-state index contributed by atoms with van der Waals surface area (Å²) in [5.74, 6) is 2.45. The lowest BCUT2D eigenvalue weighted by Crippen LogP contribution is -2.21. The van der Waals surface area contributed by atoms with Crippen LogP contribution < -0.4 is 14.9 Å². The Hall–Kier alpha value is -1.99. The Morgan fingerprint density at radius 2 is 2.00 bits per heavy atom. The Labute approximate surface area is 165 Å². The van der Waals surface area contributed by atoms with Crippen LogP contribution in [-0.4, -0.2) is 30.6 Å². The van der Waals surface area contributed by atoms with Gasteiger partial charge in [0.25, 0.3) is 0 Å². The van der Waals surface area contributed by atoms with Gasteiger partial charge in [-0.2, -0.15) is 5.10 Å². The fourth-order valence-electron chi connectivity index (χ4n) is 2.40. The van der Waals surface area contributed by atoms with E-state index in [4.69, 9.17) is 9.47 Å². The summed E-state index contributed by atoms with van der Waals surface area (Å²) < 4.78 is 12.1. The summed E-state index contributed by atoms with van der Waals surface area (Å²) in [4.78, 5) is 12.0. The molecule has 0 atom stereocenters. The minimum absolute atomic E-state index is 0.123. The van der Waals surface area contributed by atoms with Crippen molar-refractivity contribution in [3.63, 3.8) is 0 Å². The van der Waals surface area contributed by atoms with Gasteiger partial charge in [-0.05, 0) is 42.8 Å². The van der Waals surface area contributed by atoms with Crippen molar-refractivity contribution in [2.75, 3.05) is 19.0 Å². The molecule has 0 aromatic heterocycles. The fraction of sp³-hybridized carbons (Fsp3) is 0.263. The van der Waals surface area contributed by atoms with Gasteiger partial charge in [0.15, 0.2) is 11.5 Å². The van der Waals surface area contributed by atoms with E-state index in [0.717, 1.165) is 21.5 Å². The highest BCUT2D eigenvalue weighted by molar-refractivity contribution is 9.10. The molecule has 0 bridgehead atoms. The molecule has 1 aliphatic rings. The van der Waals surface area contributed by atoms with Crippen LogP contribution in [0, 0.1) is 0 Å². The van der Waals surface area contributed by atoms with E-state index in [0.29, 0.717) is 30.4 Å². The highest BCUT2D eigenvalue weighted by Gasteiger charge is 2.12. The number of benzene rings is 2. The Kier molecular flexibility index (Phi) is 6.57. The molecule has 26 heavy (non-hydrogen) atoms. The number of carbonyl (C=O) groups excluding carboxylic acids is 1. The predicted molar refractivity (Wildman–Crippen MR) is 108 cm³/mol. The molecular weight excluding hydrogens is 416 g/mol. The monoisotopic (exact) mass is 434 g/mol. The maximum absolute atomic E-state index is 12.0. The van der Waals surface area contributed by atoms with Crippen molar-refractivity contribution >= 4 is 39.3 Å². The molecule has 0 fully saturated rings. The summed E-state index contributed by atoms with van der Waals surface area (Å²) in [5, 5.41) is 4.18. The zero-order valence-electron chi connectivity index (χ0n) is 14.3. The molecule has 1 heterocycles. The van der Waals surface area contributed by atoms with Crippen LogP contribution in [0.5, 0.6) is 11.5 Å². The summed E-state index contributed by atoms with van der Waals surface area (Å²) in [6, 6.07) is 13.7. The van der Waals surface area contributed by atoms with Gasteiger partial charge in [0.1, 0.15) is 13.2 Å². The lowest BCUT2D eigenvalue weighted by atomic mass is 10.1. The minimum atomic E-state index is -0.123. The summed E-state index contributed by atoms with van der Waals surface area (Å²) in [6.07, 6.45) is 0. The van der Waals surface area contributed by atoms with E-state index in [1.807, 2.05) is 43.3 Å². The van der Waals surface area contributed by atoms with Gasteiger partial charge in [0.05, 0.1) is 11.5 Å². The van der Waals surface area contributed by atoms with Crippen LogP contribution in [0.3, 0.4) is 0 Å². The van der Waals surface area contributed by atoms with Crippen LogP contribution in [0.1, 0.15) is 18.1 Å². The number of nitrogens with zero attached hydrogens (tertiary/aromatic N) is 1. The van der Waals surface area contributed by atoms with Gasteiger partial charge in [-0.15, -0.1) is 11.8 Å². The second kappa shape index (κ2) is 9.09. The molecule has 7 heteroatoms. The van der Waals surface area contributed by atoms with Gasteiger partial charge in [-0.1, -0.05) is 28.1 Å². The minimum Gasteiger partial charge on any atom is -0.486 e. The number of rotatable bonds is 6. The van der Waals surface area contributed by atoms with Crippen LogP contribution in [0.15, 0.2) is 52.0 Å². The molecule has 1 amide bonds. The molecule has 2 aromatic carbocycles. The number of carbonyl (C=O) groups is 1. The number of ether oxygens (including phenoxy) is 2. The molecule has 136 valence electrons. The van der Waals surface area contributed by atoms with Gasteiger partial charge in [0.2, 0.25) is 5.91 Å². The van der Waals surface area contributed by atoms with Crippen molar-refractivity contribution in [2.45, 2.75) is 12.7 Å². The van der Waals surface area contributed by atoms with Crippen molar-refractivity contribution in [3.8, 4) is 11.5 Å². The van der Waals surface area contributed by atoms with E-state index < -0.39 is 0 Å². The number of amides is 1. The molecule has 2 aromatic rings. The molecular formula is C19H19BrN2O3S. The third kappa shape index (κ3) is 5.25. The van der Waals surface area contributed by atoms with E-state index in [1.54, 1.807) is 11.8 Å². The Morgan fingerprint density at radius 3 is 2.81 bits per heavy atom. The van der Waals surface area contributed by atoms with E-state index in [-0.39, 0.29) is 5.91 Å². The predicted octanol–water partition coefficient (Wildman–Crippen LogP) is 3.99. The van der Waals surface area contributed by atoms with Crippen molar-refractivity contribution in [1.82, 2.24) is 5.43 Å². The van der Waals surface area contributed by atoms with E-state index >= 15 is 0 Å². The SMILES string of the molecule is C/C(=N/NC(=O)CSCc1cccc(Br)c1)c1ccc2c(c1)OCCO2. The zero-order valence-corrected chi connectivity index (χ0v) is 16.7. The largest absolute Gasteiger partial charge is 0.486 e. The Balaban J connectivity index is 1.49. The lowest BCUT2D eigenvalue weighted by molar-refractivity contribution is -0.118. The molecule has 0 aliphatic carbocycles. The maximum Gasteiger partial charge on any atom is 0.250 e. The van der Waals surface area contributed by atoms with Crippen molar-refractivity contribution in [3.05, 3.63) is 58.1 Å². The highest BCUT2D eigenvalue weighted by Crippen LogP contribution is 2.30. The van der Waals surface area contributed by atoms with Crippen LogP contribution in [0.2, 0.25) is 0 Å². The number of fused-ring (bicyclic) bond motifs is 1. The third-order valence-electron chi connectivity index (χ3n) is 3.70. The first-order valence-corrected chi connectivity index (χ1v) is 10.1. The normalized spacial score (nSPS) is 13.4. The number of thioether (sulfide) groups is 1. The molecule has 1 N–H and O–H groups in total. The summed E-state index contributed by atoms with van der Waals surface area (Å²) in [6.45, 7) is 2.95. The molecule has 3 rings (SSSR count). The van der Waals surface area contributed by atoms with Crippen molar-refractivity contribution in [2.24, 2.45) is 5.10 Å². The number of hydrogen-bond acceptors (Lipinski definition) is 5. The van der Waals surface area contributed by atoms with Crippen LogP contribution in [-0.2, 0) is 10.5 Å². The first-order chi connectivity index (χ1) is 12.6. The maximum atomic E-state index is 12.0. The van der Waals surface area contributed by atoms with E-state index in [1.165, 1.54) is 5.56 Å². The average Bonchev–Trinajstić information content (AvgIpc) is 2.66. The lowest BCUT2D eigenvalue weighted by Gasteiger charge is -2.18. The Morgan fingerprint density at radius 1 is 1.19 bits per heavy atom. The molecule has 1 aliphatic heterocycles. The fourth-order valence-corrected chi connectivity index (χ4v) is 3.61. The third-order valence-corrected chi connectivity index (χ3v) is 5.20. The molecule has 0 saturated heterocycles. The average molecular weight is 435 g/mol. The second-order valence-electron chi connectivity index (χ2n) is 5.71. The first kappa shape index (κ1) is 18.8. The molecule has 0 radical (unpaired) electrons. The Bertz CT molecular complexity index is 826. The summed E-state index contributed by atoms with van der Waals surface area (Å²) in [7, 11) is 0. The first-order valence-electron chi connectivity index (χ1n) is 8.17. The number of hydrazone groups is 1. The molecule has 5 nitrogen and oxygen atoms in total. The smallest absolute Gasteiger partial charge is 0.250 e. The van der Waals surface area contributed by atoms with Gasteiger partial charge in [-0.25, -0.2) is 5.43 Å². The van der Waals surface area contributed by atoms with Crippen LogP contribution >= 0.6 is 27.7 Å². The van der Waals surface area contributed by atoms with Crippen molar-refractivity contribution in [1.29, 1.82) is 0 Å². The van der Waals surface area contributed by atoms with Gasteiger partial charge in [-0.3, -0.25) is 4.79 Å². The van der Waals surface area contributed by atoms with Gasteiger partial charge < -0.3 is 9.47 Å². The second-order valence-corrected chi connectivity index (χ2v) is 7.61. The molecule has 0 unspecified atom stereocenters. The van der Waals surface area contributed by atoms with Crippen LogP contribution in [0.4, 0.5) is 0 Å². The molecule has 0 spiro atoms. The van der Waals surface area contributed by atoms with Gasteiger partial charge >= 0.3 is 0 Å². The number of nitrogens with one attached hydrogen (secondary N) is 1. The van der Waals surface area contributed by atoms with E-state index in [9.17, 15) is 4.79 Å². The topological polar surface area (TPSA) is 59.9 Å². The quantitative estimate of drug-likeness (QED) is 0.551. The standard InChI is InChI=1S/C19H19BrN2O3S/c1-13(15-5-6-17-18(10-15)25-8-7-24-17)21-22-19(23)12-26-11-14-3-2-4-16(20)9-14/h2-6,9-10H,7-8,11-12H2,1H3,(H,22,23)/b21-13-. The summed E-state index contributed by atoms with van der Waals surface area (Å²) in [5.41, 5.74) is 5.38. The summed E-state index contributed by atoms with van der Waals surface area (Å²) >= 11 is 5.00. The zero-order chi connectivity index (χ0) is 18.4. The number of hydrogen-bond donors (Lipinski definition) is 1. The molecule has 0 saturated carbocycles. The van der Waals surface area contributed by atoms with Crippen molar-refractivity contribution < 1.29 is 14.3 Å². The highest BCUT2D eigenvalue weighted by atomic mass is 79.9. The van der Waals surface area contributed by atoms with E-state index in [2.05, 4.69) is 32.5 Å².